The smallest absolute Gasteiger partial charge is 0.105 e. The van der Waals surface area contributed by atoms with Gasteiger partial charge in [-0.15, -0.1) is 0 Å². The molecule has 1 N–H and O–H groups in total. The van der Waals surface area contributed by atoms with E-state index in [9.17, 15) is 0 Å². The normalized spacial score (nSPS) is 16.8. The SMILES string of the molecule is Cc1occc1CN(C)CCCNC1CCCC1. The first kappa shape index (κ1) is 13.6. The van der Waals surface area contributed by atoms with Crippen LogP contribution in [0.3, 0.4) is 0 Å². The van der Waals surface area contributed by atoms with E-state index >= 15 is 0 Å². The molecule has 1 fully saturated rings. The molecule has 3 nitrogen and oxygen atoms in total. The van der Waals surface area contributed by atoms with Gasteiger partial charge in [-0.2, -0.15) is 0 Å². The maximum Gasteiger partial charge on any atom is 0.105 e. The van der Waals surface area contributed by atoms with E-state index in [4.69, 9.17) is 4.42 Å². The van der Waals surface area contributed by atoms with Crippen LogP contribution < -0.4 is 5.32 Å². The standard InChI is InChI=1S/C15H26N2O/c1-13-14(8-11-18-13)12-17(2)10-5-9-16-15-6-3-4-7-15/h8,11,15-16H,3-7,9-10,12H2,1-2H3. The van der Waals surface area contributed by atoms with Crippen molar-refractivity contribution >= 4 is 0 Å². The summed E-state index contributed by atoms with van der Waals surface area (Å²) in [6, 6.07) is 2.87. The van der Waals surface area contributed by atoms with Gasteiger partial charge in [0, 0.05) is 18.2 Å². The molecule has 1 aromatic rings. The molecule has 1 aliphatic carbocycles. The predicted molar refractivity (Wildman–Crippen MR) is 74.7 cm³/mol. The highest BCUT2D eigenvalue weighted by Crippen LogP contribution is 2.17. The Kier molecular flexibility index (Phi) is 5.26. The Morgan fingerprint density at radius 1 is 1.39 bits per heavy atom. The molecule has 18 heavy (non-hydrogen) atoms. The van der Waals surface area contributed by atoms with Crippen LogP contribution >= 0.6 is 0 Å². The van der Waals surface area contributed by atoms with Crippen LogP contribution in [-0.4, -0.2) is 31.1 Å². The van der Waals surface area contributed by atoms with Crippen molar-refractivity contribution in [2.75, 3.05) is 20.1 Å². The molecule has 2 rings (SSSR count). The fourth-order valence-corrected chi connectivity index (χ4v) is 2.73. The Balaban J connectivity index is 1.57. The highest BCUT2D eigenvalue weighted by atomic mass is 16.3. The fraction of sp³-hybridized carbons (Fsp3) is 0.733. The molecule has 0 amide bonds. The van der Waals surface area contributed by atoms with Crippen molar-refractivity contribution in [3.05, 3.63) is 23.7 Å². The van der Waals surface area contributed by atoms with E-state index in [1.54, 1.807) is 6.26 Å². The summed E-state index contributed by atoms with van der Waals surface area (Å²) < 4.78 is 5.32. The Morgan fingerprint density at radius 3 is 2.83 bits per heavy atom. The van der Waals surface area contributed by atoms with Gasteiger partial charge in [0.2, 0.25) is 0 Å². The monoisotopic (exact) mass is 250 g/mol. The number of nitrogens with zero attached hydrogens (tertiary/aromatic N) is 1. The Labute approximate surface area is 111 Å². The summed E-state index contributed by atoms with van der Waals surface area (Å²) in [6.07, 6.45) is 8.59. The number of rotatable bonds is 7. The van der Waals surface area contributed by atoms with Crippen LogP contribution in [0.4, 0.5) is 0 Å². The van der Waals surface area contributed by atoms with Gasteiger partial charge in [-0.25, -0.2) is 0 Å². The Hall–Kier alpha value is -0.800. The third-order valence-electron chi connectivity index (χ3n) is 3.91. The zero-order valence-corrected chi connectivity index (χ0v) is 11.7. The van der Waals surface area contributed by atoms with Crippen molar-refractivity contribution in [1.29, 1.82) is 0 Å². The molecule has 0 atom stereocenters. The van der Waals surface area contributed by atoms with E-state index in [2.05, 4.69) is 23.3 Å². The van der Waals surface area contributed by atoms with E-state index in [0.717, 1.165) is 31.4 Å². The van der Waals surface area contributed by atoms with Crippen molar-refractivity contribution < 1.29 is 4.42 Å². The van der Waals surface area contributed by atoms with Gasteiger partial charge >= 0.3 is 0 Å². The summed E-state index contributed by atoms with van der Waals surface area (Å²) in [5.74, 6) is 1.05. The average molecular weight is 250 g/mol. The van der Waals surface area contributed by atoms with E-state index in [0.29, 0.717) is 0 Å². The molecule has 0 saturated heterocycles. The second-order valence-corrected chi connectivity index (χ2v) is 5.53. The van der Waals surface area contributed by atoms with Crippen LogP contribution in [0.5, 0.6) is 0 Å². The van der Waals surface area contributed by atoms with Crippen LogP contribution in [0.1, 0.15) is 43.4 Å². The van der Waals surface area contributed by atoms with E-state index < -0.39 is 0 Å². The highest BCUT2D eigenvalue weighted by Gasteiger charge is 2.13. The van der Waals surface area contributed by atoms with Gasteiger partial charge in [0.1, 0.15) is 5.76 Å². The van der Waals surface area contributed by atoms with Gasteiger partial charge in [-0.3, -0.25) is 0 Å². The van der Waals surface area contributed by atoms with Gasteiger partial charge in [0.15, 0.2) is 0 Å². The molecule has 0 aliphatic heterocycles. The zero-order chi connectivity index (χ0) is 12.8. The molecule has 102 valence electrons. The van der Waals surface area contributed by atoms with Crippen molar-refractivity contribution in [2.45, 2.75) is 51.6 Å². The van der Waals surface area contributed by atoms with Gasteiger partial charge < -0.3 is 14.6 Å². The van der Waals surface area contributed by atoms with Crippen molar-refractivity contribution in [3.63, 3.8) is 0 Å². The zero-order valence-electron chi connectivity index (χ0n) is 11.7. The van der Waals surface area contributed by atoms with Gasteiger partial charge in [-0.1, -0.05) is 12.8 Å². The summed E-state index contributed by atoms with van der Waals surface area (Å²) in [4.78, 5) is 2.37. The molecule has 0 spiro atoms. The second kappa shape index (κ2) is 6.95. The van der Waals surface area contributed by atoms with Crippen LogP contribution in [0.2, 0.25) is 0 Å². The molecule has 0 unspecified atom stereocenters. The van der Waals surface area contributed by atoms with E-state index in [1.807, 2.05) is 6.92 Å². The molecule has 0 radical (unpaired) electrons. The third-order valence-corrected chi connectivity index (χ3v) is 3.91. The molecule has 1 heterocycles. The van der Waals surface area contributed by atoms with Crippen LogP contribution in [0.25, 0.3) is 0 Å². The van der Waals surface area contributed by atoms with Crippen molar-refractivity contribution in [2.24, 2.45) is 0 Å². The van der Waals surface area contributed by atoms with E-state index in [-0.39, 0.29) is 0 Å². The lowest BCUT2D eigenvalue weighted by Crippen LogP contribution is -2.29. The molecular weight excluding hydrogens is 224 g/mol. The first-order chi connectivity index (χ1) is 8.75. The van der Waals surface area contributed by atoms with Crippen molar-refractivity contribution in [3.8, 4) is 0 Å². The number of hydrogen-bond donors (Lipinski definition) is 1. The first-order valence-corrected chi connectivity index (χ1v) is 7.20. The van der Waals surface area contributed by atoms with Crippen LogP contribution in [0.15, 0.2) is 16.7 Å². The van der Waals surface area contributed by atoms with Gasteiger partial charge in [0.25, 0.3) is 0 Å². The second-order valence-electron chi connectivity index (χ2n) is 5.53. The lowest BCUT2D eigenvalue weighted by molar-refractivity contribution is 0.314. The first-order valence-electron chi connectivity index (χ1n) is 7.20. The molecule has 0 aromatic carbocycles. The summed E-state index contributed by atoms with van der Waals surface area (Å²) in [5.41, 5.74) is 1.31. The largest absolute Gasteiger partial charge is 0.469 e. The van der Waals surface area contributed by atoms with Gasteiger partial charge in [0.05, 0.1) is 6.26 Å². The topological polar surface area (TPSA) is 28.4 Å². The lowest BCUT2D eigenvalue weighted by atomic mass is 10.2. The highest BCUT2D eigenvalue weighted by molar-refractivity contribution is 5.14. The van der Waals surface area contributed by atoms with Gasteiger partial charge in [-0.05, 0) is 52.4 Å². The quantitative estimate of drug-likeness (QED) is 0.754. The number of nitrogens with one attached hydrogen (secondary N) is 1. The summed E-state index contributed by atoms with van der Waals surface area (Å²) >= 11 is 0. The molecule has 3 heteroatoms. The average Bonchev–Trinajstić information content (AvgIpc) is 2.98. The Bertz CT molecular complexity index is 342. The summed E-state index contributed by atoms with van der Waals surface area (Å²) in [6.45, 7) is 5.32. The molecule has 1 saturated carbocycles. The fourth-order valence-electron chi connectivity index (χ4n) is 2.73. The maximum atomic E-state index is 5.32. The number of hydrogen-bond acceptors (Lipinski definition) is 3. The number of aryl methyl sites for hydroxylation is 1. The molecule has 1 aromatic heterocycles. The van der Waals surface area contributed by atoms with E-state index in [1.165, 1.54) is 37.7 Å². The third kappa shape index (κ3) is 4.14. The number of furan rings is 1. The van der Waals surface area contributed by atoms with Crippen molar-refractivity contribution in [1.82, 2.24) is 10.2 Å². The maximum absolute atomic E-state index is 5.32. The Morgan fingerprint density at radius 2 is 2.17 bits per heavy atom. The predicted octanol–water partition coefficient (Wildman–Crippen LogP) is 2.94. The van der Waals surface area contributed by atoms with Crippen LogP contribution in [-0.2, 0) is 6.54 Å². The molecular formula is C15H26N2O. The van der Waals surface area contributed by atoms with Crippen LogP contribution in [0, 0.1) is 6.92 Å². The lowest BCUT2D eigenvalue weighted by Gasteiger charge is -2.17. The minimum absolute atomic E-state index is 0.798. The molecule has 0 bridgehead atoms. The summed E-state index contributed by atoms with van der Waals surface area (Å²) in [7, 11) is 2.18. The minimum Gasteiger partial charge on any atom is -0.469 e. The molecule has 1 aliphatic rings. The summed E-state index contributed by atoms with van der Waals surface area (Å²) in [5, 5.41) is 3.66. The minimum atomic E-state index is 0.798.